The third-order valence-electron chi connectivity index (χ3n) is 3.09. The SMILES string of the molecule is Cc1cccc(C)c1NC(=O)c1noc(C)c1C. The fourth-order valence-electron chi connectivity index (χ4n) is 1.81. The summed E-state index contributed by atoms with van der Waals surface area (Å²) in [6.45, 7) is 7.54. The zero-order chi connectivity index (χ0) is 13.3. The normalized spacial score (nSPS) is 10.4. The van der Waals surface area contributed by atoms with Crippen LogP contribution in [0.4, 0.5) is 5.69 Å². The minimum absolute atomic E-state index is 0.234. The van der Waals surface area contributed by atoms with Gasteiger partial charge < -0.3 is 9.84 Å². The molecule has 4 nitrogen and oxygen atoms in total. The van der Waals surface area contributed by atoms with Gasteiger partial charge in [-0.2, -0.15) is 0 Å². The fraction of sp³-hybridized carbons (Fsp3) is 0.286. The van der Waals surface area contributed by atoms with Crippen LogP contribution < -0.4 is 5.32 Å². The monoisotopic (exact) mass is 244 g/mol. The van der Waals surface area contributed by atoms with Crippen molar-refractivity contribution in [1.82, 2.24) is 5.16 Å². The first-order valence-corrected chi connectivity index (χ1v) is 5.81. The Morgan fingerprint density at radius 1 is 1.17 bits per heavy atom. The fourth-order valence-corrected chi connectivity index (χ4v) is 1.81. The van der Waals surface area contributed by atoms with Crippen molar-refractivity contribution in [3.8, 4) is 0 Å². The number of rotatable bonds is 2. The second-order valence-electron chi connectivity index (χ2n) is 4.43. The Bertz CT molecular complexity index is 580. The third kappa shape index (κ3) is 2.14. The number of anilines is 1. The molecule has 1 aromatic heterocycles. The zero-order valence-corrected chi connectivity index (χ0v) is 11.0. The van der Waals surface area contributed by atoms with Crippen LogP contribution in [0.1, 0.15) is 32.9 Å². The highest BCUT2D eigenvalue weighted by atomic mass is 16.5. The molecule has 0 spiro atoms. The number of aromatic nitrogens is 1. The predicted molar refractivity (Wildman–Crippen MR) is 69.8 cm³/mol. The molecule has 2 aromatic rings. The molecule has 0 atom stereocenters. The van der Waals surface area contributed by atoms with Crippen molar-refractivity contribution in [2.45, 2.75) is 27.7 Å². The molecule has 0 saturated heterocycles. The van der Waals surface area contributed by atoms with Crippen LogP contribution in [-0.2, 0) is 0 Å². The third-order valence-corrected chi connectivity index (χ3v) is 3.09. The number of carbonyl (C=O) groups is 1. The first kappa shape index (κ1) is 12.4. The number of carbonyl (C=O) groups excluding carboxylic acids is 1. The maximum absolute atomic E-state index is 12.1. The second-order valence-corrected chi connectivity index (χ2v) is 4.43. The van der Waals surface area contributed by atoms with Gasteiger partial charge in [-0.25, -0.2) is 0 Å². The van der Waals surface area contributed by atoms with Gasteiger partial charge in [0.1, 0.15) is 5.76 Å². The van der Waals surface area contributed by atoms with E-state index in [0.29, 0.717) is 11.5 Å². The summed E-state index contributed by atoms with van der Waals surface area (Å²) >= 11 is 0. The van der Waals surface area contributed by atoms with Gasteiger partial charge in [-0.15, -0.1) is 0 Å². The first-order chi connectivity index (χ1) is 8.50. The minimum Gasteiger partial charge on any atom is -0.361 e. The highest BCUT2D eigenvalue weighted by Gasteiger charge is 2.17. The van der Waals surface area contributed by atoms with E-state index in [9.17, 15) is 4.79 Å². The average molecular weight is 244 g/mol. The molecule has 0 aliphatic rings. The van der Waals surface area contributed by atoms with Gasteiger partial charge >= 0.3 is 0 Å². The molecule has 18 heavy (non-hydrogen) atoms. The number of para-hydroxylation sites is 1. The summed E-state index contributed by atoms with van der Waals surface area (Å²) in [5, 5.41) is 6.67. The Hall–Kier alpha value is -2.10. The average Bonchev–Trinajstić information content (AvgIpc) is 2.65. The number of hydrogen-bond acceptors (Lipinski definition) is 3. The van der Waals surface area contributed by atoms with E-state index >= 15 is 0 Å². The molecule has 0 aliphatic heterocycles. The summed E-state index contributed by atoms with van der Waals surface area (Å²) in [5.74, 6) is 0.434. The Labute approximate surface area is 106 Å². The Morgan fingerprint density at radius 3 is 2.28 bits per heavy atom. The van der Waals surface area contributed by atoms with E-state index in [2.05, 4.69) is 10.5 Å². The highest BCUT2D eigenvalue weighted by Crippen LogP contribution is 2.21. The number of benzene rings is 1. The zero-order valence-electron chi connectivity index (χ0n) is 11.0. The van der Waals surface area contributed by atoms with E-state index in [4.69, 9.17) is 4.52 Å². The lowest BCUT2D eigenvalue weighted by Crippen LogP contribution is -2.15. The second kappa shape index (κ2) is 4.64. The molecule has 0 unspecified atom stereocenters. The molecule has 0 aliphatic carbocycles. The van der Waals surface area contributed by atoms with Gasteiger partial charge in [-0.1, -0.05) is 23.4 Å². The van der Waals surface area contributed by atoms with Crippen LogP contribution in [0.3, 0.4) is 0 Å². The number of nitrogens with one attached hydrogen (secondary N) is 1. The van der Waals surface area contributed by atoms with E-state index in [1.165, 1.54) is 0 Å². The molecule has 2 rings (SSSR count). The van der Waals surface area contributed by atoms with Crippen LogP contribution in [0, 0.1) is 27.7 Å². The minimum atomic E-state index is -0.234. The van der Waals surface area contributed by atoms with Gasteiger partial charge in [0.2, 0.25) is 0 Å². The number of hydrogen-bond donors (Lipinski definition) is 1. The van der Waals surface area contributed by atoms with E-state index in [1.54, 1.807) is 6.92 Å². The molecule has 1 aromatic carbocycles. The highest BCUT2D eigenvalue weighted by molar-refractivity contribution is 6.04. The molecule has 1 amide bonds. The number of nitrogens with zero attached hydrogens (tertiary/aromatic N) is 1. The van der Waals surface area contributed by atoms with Gasteiger partial charge in [-0.05, 0) is 38.8 Å². The van der Waals surface area contributed by atoms with Crippen LogP contribution in [-0.4, -0.2) is 11.1 Å². The van der Waals surface area contributed by atoms with Crippen molar-refractivity contribution >= 4 is 11.6 Å². The van der Waals surface area contributed by atoms with Crippen molar-refractivity contribution in [2.24, 2.45) is 0 Å². The maximum atomic E-state index is 12.1. The molecule has 0 saturated carbocycles. The van der Waals surface area contributed by atoms with E-state index in [-0.39, 0.29) is 5.91 Å². The summed E-state index contributed by atoms with van der Waals surface area (Å²) in [7, 11) is 0. The summed E-state index contributed by atoms with van der Waals surface area (Å²) in [6, 6.07) is 5.89. The Kier molecular flexibility index (Phi) is 3.19. The van der Waals surface area contributed by atoms with Crippen molar-refractivity contribution in [1.29, 1.82) is 0 Å². The van der Waals surface area contributed by atoms with E-state index in [0.717, 1.165) is 22.4 Å². The van der Waals surface area contributed by atoms with Crippen molar-refractivity contribution in [3.05, 3.63) is 46.3 Å². The van der Waals surface area contributed by atoms with Crippen molar-refractivity contribution in [2.75, 3.05) is 5.32 Å². The van der Waals surface area contributed by atoms with Crippen LogP contribution in [0.2, 0.25) is 0 Å². The van der Waals surface area contributed by atoms with Gasteiger partial charge in [0.15, 0.2) is 5.69 Å². The van der Waals surface area contributed by atoms with Crippen LogP contribution in [0.15, 0.2) is 22.7 Å². The number of amides is 1. The summed E-state index contributed by atoms with van der Waals surface area (Å²) in [5.41, 5.74) is 4.01. The summed E-state index contributed by atoms with van der Waals surface area (Å²) in [6.07, 6.45) is 0. The molecule has 0 radical (unpaired) electrons. The van der Waals surface area contributed by atoms with E-state index < -0.39 is 0 Å². The Balaban J connectivity index is 2.30. The Morgan fingerprint density at radius 2 is 1.78 bits per heavy atom. The molecule has 1 N–H and O–H groups in total. The lowest BCUT2D eigenvalue weighted by molar-refractivity contribution is 0.101. The van der Waals surface area contributed by atoms with Gasteiger partial charge in [-0.3, -0.25) is 4.79 Å². The molecule has 0 fully saturated rings. The largest absolute Gasteiger partial charge is 0.361 e. The number of aryl methyl sites for hydroxylation is 3. The summed E-state index contributed by atoms with van der Waals surface area (Å²) in [4.78, 5) is 12.1. The predicted octanol–water partition coefficient (Wildman–Crippen LogP) is 3.16. The first-order valence-electron chi connectivity index (χ1n) is 5.81. The van der Waals surface area contributed by atoms with Gasteiger partial charge in [0.05, 0.1) is 0 Å². The molecule has 0 bridgehead atoms. The maximum Gasteiger partial charge on any atom is 0.278 e. The molecular formula is C14H16N2O2. The molecule has 1 heterocycles. The van der Waals surface area contributed by atoms with Crippen LogP contribution in [0.25, 0.3) is 0 Å². The van der Waals surface area contributed by atoms with Gasteiger partial charge in [0, 0.05) is 11.3 Å². The molecule has 4 heteroatoms. The lowest BCUT2D eigenvalue weighted by Gasteiger charge is -2.10. The smallest absolute Gasteiger partial charge is 0.278 e. The van der Waals surface area contributed by atoms with Crippen LogP contribution >= 0.6 is 0 Å². The molecular weight excluding hydrogens is 228 g/mol. The molecule has 94 valence electrons. The lowest BCUT2D eigenvalue weighted by atomic mass is 10.1. The van der Waals surface area contributed by atoms with E-state index in [1.807, 2.05) is 39.0 Å². The topological polar surface area (TPSA) is 55.1 Å². The van der Waals surface area contributed by atoms with Crippen LogP contribution in [0.5, 0.6) is 0 Å². The summed E-state index contributed by atoms with van der Waals surface area (Å²) < 4.78 is 5.00. The van der Waals surface area contributed by atoms with Crippen molar-refractivity contribution < 1.29 is 9.32 Å². The van der Waals surface area contributed by atoms with Gasteiger partial charge in [0.25, 0.3) is 5.91 Å². The van der Waals surface area contributed by atoms with Crippen molar-refractivity contribution in [3.63, 3.8) is 0 Å². The standard InChI is InChI=1S/C14H16N2O2/c1-8-6-5-7-9(2)12(8)15-14(17)13-10(3)11(4)18-16-13/h5-7H,1-4H3,(H,15,17). The quantitative estimate of drug-likeness (QED) is 0.882.